The van der Waals surface area contributed by atoms with Crippen LogP contribution >= 0.6 is 11.3 Å². The minimum atomic E-state index is 0.567. The Morgan fingerprint density at radius 1 is 1.30 bits per heavy atom. The molecule has 3 aromatic rings. The van der Waals surface area contributed by atoms with E-state index in [1.807, 2.05) is 4.68 Å². The first-order chi connectivity index (χ1) is 9.72. The van der Waals surface area contributed by atoms with E-state index in [0.717, 1.165) is 18.1 Å². The van der Waals surface area contributed by atoms with Crippen LogP contribution in [0, 0.1) is 5.92 Å². The molecule has 0 bridgehead atoms. The third-order valence-electron chi connectivity index (χ3n) is 3.14. The average Bonchev–Trinajstić information content (AvgIpc) is 3.03. The molecule has 0 aliphatic carbocycles. The van der Waals surface area contributed by atoms with E-state index >= 15 is 0 Å². The lowest BCUT2D eigenvalue weighted by Gasteiger charge is -2.10. The van der Waals surface area contributed by atoms with Gasteiger partial charge in [-0.2, -0.15) is 5.10 Å². The normalized spacial score (nSPS) is 11.3. The molecule has 2 heterocycles. The molecule has 0 unspecified atom stereocenters. The summed E-state index contributed by atoms with van der Waals surface area (Å²) in [6, 6.07) is 8.59. The van der Waals surface area contributed by atoms with E-state index in [1.165, 1.54) is 10.1 Å². The van der Waals surface area contributed by atoms with Crippen LogP contribution in [0.3, 0.4) is 0 Å². The quantitative estimate of drug-likeness (QED) is 0.776. The van der Waals surface area contributed by atoms with Crippen LogP contribution in [0.25, 0.3) is 10.1 Å². The summed E-state index contributed by atoms with van der Waals surface area (Å²) in [4.78, 5) is 4.33. The molecule has 0 spiro atoms. The maximum absolute atomic E-state index is 4.33. The van der Waals surface area contributed by atoms with Gasteiger partial charge < -0.3 is 5.32 Å². The van der Waals surface area contributed by atoms with E-state index in [4.69, 9.17) is 0 Å². The minimum Gasteiger partial charge on any atom is -0.378 e. The standard InChI is InChI=1S/C15H18N4S/c1-11(2)9-19-15(17-10-18-19)8-16-13-3-4-14-12(7-13)5-6-20-14/h3-7,10-11,16H,8-9H2,1-2H3. The van der Waals surface area contributed by atoms with Gasteiger partial charge in [0.25, 0.3) is 0 Å². The molecular formula is C15H18N4S. The first kappa shape index (κ1) is 13.1. The maximum atomic E-state index is 4.33. The van der Waals surface area contributed by atoms with Gasteiger partial charge in [0.2, 0.25) is 0 Å². The van der Waals surface area contributed by atoms with Gasteiger partial charge in [-0.25, -0.2) is 9.67 Å². The monoisotopic (exact) mass is 286 g/mol. The number of hydrogen-bond donors (Lipinski definition) is 1. The number of anilines is 1. The van der Waals surface area contributed by atoms with Crippen molar-refractivity contribution in [2.24, 2.45) is 5.92 Å². The van der Waals surface area contributed by atoms with E-state index in [0.29, 0.717) is 12.5 Å². The summed E-state index contributed by atoms with van der Waals surface area (Å²) in [5.41, 5.74) is 1.12. The van der Waals surface area contributed by atoms with Crippen molar-refractivity contribution < 1.29 is 0 Å². The van der Waals surface area contributed by atoms with Gasteiger partial charge >= 0.3 is 0 Å². The molecule has 0 aliphatic heterocycles. The highest BCUT2D eigenvalue weighted by Crippen LogP contribution is 2.24. The lowest BCUT2D eigenvalue weighted by atomic mass is 10.2. The van der Waals surface area contributed by atoms with E-state index in [-0.39, 0.29) is 0 Å². The van der Waals surface area contributed by atoms with Crippen LogP contribution in [-0.2, 0) is 13.1 Å². The second-order valence-electron chi connectivity index (χ2n) is 5.28. The Labute approximate surface area is 122 Å². The Kier molecular flexibility index (Phi) is 3.69. The predicted molar refractivity (Wildman–Crippen MR) is 84.0 cm³/mol. The summed E-state index contributed by atoms with van der Waals surface area (Å²) in [5, 5.41) is 11.1. The summed E-state index contributed by atoms with van der Waals surface area (Å²) < 4.78 is 3.29. The van der Waals surface area contributed by atoms with Crippen molar-refractivity contribution in [3.8, 4) is 0 Å². The van der Waals surface area contributed by atoms with Crippen molar-refractivity contribution in [2.75, 3.05) is 5.32 Å². The summed E-state index contributed by atoms with van der Waals surface area (Å²) in [7, 11) is 0. The first-order valence-electron chi connectivity index (χ1n) is 6.80. The number of rotatable bonds is 5. The van der Waals surface area contributed by atoms with Crippen molar-refractivity contribution >= 4 is 27.1 Å². The molecule has 5 heteroatoms. The van der Waals surface area contributed by atoms with E-state index in [2.05, 4.69) is 58.9 Å². The molecule has 0 saturated carbocycles. The highest BCUT2D eigenvalue weighted by molar-refractivity contribution is 7.17. The largest absolute Gasteiger partial charge is 0.378 e. The minimum absolute atomic E-state index is 0.567. The van der Waals surface area contributed by atoms with Crippen molar-refractivity contribution in [1.29, 1.82) is 0 Å². The number of fused-ring (bicyclic) bond motifs is 1. The van der Waals surface area contributed by atoms with E-state index in [1.54, 1.807) is 17.7 Å². The average molecular weight is 286 g/mol. The van der Waals surface area contributed by atoms with E-state index in [9.17, 15) is 0 Å². The van der Waals surface area contributed by atoms with Gasteiger partial charge in [0.05, 0.1) is 6.54 Å². The number of nitrogens with one attached hydrogen (secondary N) is 1. The van der Waals surface area contributed by atoms with E-state index < -0.39 is 0 Å². The topological polar surface area (TPSA) is 42.7 Å². The Bertz CT molecular complexity index is 699. The third-order valence-corrected chi connectivity index (χ3v) is 4.03. The van der Waals surface area contributed by atoms with Crippen molar-refractivity contribution in [2.45, 2.75) is 26.9 Å². The number of nitrogens with zero attached hydrogens (tertiary/aromatic N) is 3. The smallest absolute Gasteiger partial charge is 0.146 e. The Morgan fingerprint density at radius 2 is 2.20 bits per heavy atom. The molecule has 3 rings (SSSR count). The summed E-state index contributed by atoms with van der Waals surface area (Å²) >= 11 is 1.77. The Balaban J connectivity index is 1.71. The van der Waals surface area contributed by atoms with Gasteiger partial charge in [-0.15, -0.1) is 11.3 Å². The Morgan fingerprint density at radius 3 is 3.05 bits per heavy atom. The molecule has 1 N–H and O–H groups in total. The zero-order valence-corrected chi connectivity index (χ0v) is 12.5. The van der Waals surface area contributed by atoms with Crippen molar-refractivity contribution in [1.82, 2.24) is 14.8 Å². The van der Waals surface area contributed by atoms with Crippen molar-refractivity contribution in [3.05, 3.63) is 41.8 Å². The zero-order chi connectivity index (χ0) is 13.9. The van der Waals surface area contributed by atoms with Crippen LogP contribution < -0.4 is 5.32 Å². The highest BCUT2D eigenvalue weighted by Gasteiger charge is 2.06. The Hall–Kier alpha value is -1.88. The first-order valence-corrected chi connectivity index (χ1v) is 7.68. The molecule has 2 aromatic heterocycles. The number of benzene rings is 1. The number of aromatic nitrogens is 3. The number of thiophene rings is 1. The van der Waals surface area contributed by atoms with Gasteiger partial charge in [0, 0.05) is 16.9 Å². The second kappa shape index (κ2) is 5.63. The van der Waals surface area contributed by atoms with Crippen LogP contribution in [0.1, 0.15) is 19.7 Å². The molecule has 0 atom stereocenters. The molecule has 4 nitrogen and oxygen atoms in total. The van der Waals surface area contributed by atoms with Crippen LogP contribution in [0.5, 0.6) is 0 Å². The fourth-order valence-electron chi connectivity index (χ4n) is 2.18. The maximum Gasteiger partial charge on any atom is 0.146 e. The zero-order valence-electron chi connectivity index (χ0n) is 11.7. The summed E-state index contributed by atoms with van der Waals surface area (Å²) in [6.07, 6.45) is 1.63. The second-order valence-corrected chi connectivity index (χ2v) is 6.23. The van der Waals surface area contributed by atoms with Gasteiger partial charge in [-0.3, -0.25) is 0 Å². The SMILES string of the molecule is CC(C)Cn1ncnc1CNc1ccc2sccc2c1. The molecule has 0 fully saturated rings. The molecule has 0 amide bonds. The number of hydrogen-bond acceptors (Lipinski definition) is 4. The molecular weight excluding hydrogens is 268 g/mol. The van der Waals surface area contributed by atoms with Crippen LogP contribution in [0.4, 0.5) is 5.69 Å². The lowest BCUT2D eigenvalue weighted by Crippen LogP contribution is -2.13. The van der Waals surface area contributed by atoms with Gasteiger partial charge in [0.15, 0.2) is 0 Å². The fraction of sp³-hybridized carbons (Fsp3) is 0.333. The van der Waals surface area contributed by atoms with Gasteiger partial charge in [-0.05, 0) is 40.9 Å². The van der Waals surface area contributed by atoms with Crippen molar-refractivity contribution in [3.63, 3.8) is 0 Å². The summed E-state index contributed by atoms with van der Waals surface area (Å²) in [6.45, 7) is 5.97. The molecule has 0 saturated heterocycles. The molecule has 1 aromatic carbocycles. The molecule has 20 heavy (non-hydrogen) atoms. The summed E-state index contributed by atoms with van der Waals surface area (Å²) in [5.74, 6) is 1.54. The molecule has 0 radical (unpaired) electrons. The lowest BCUT2D eigenvalue weighted by molar-refractivity contribution is 0.468. The molecule has 104 valence electrons. The fourth-order valence-corrected chi connectivity index (χ4v) is 2.95. The van der Waals surface area contributed by atoms with Gasteiger partial charge in [-0.1, -0.05) is 13.8 Å². The van der Waals surface area contributed by atoms with Crippen LogP contribution in [0.2, 0.25) is 0 Å². The molecule has 0 aliphatic rings. The van der Waals surface area contributed by atoms with Crippen LogP contribution in [0.15, 0.2) is 36.0 Å². The highest BCUT2D eigenvalue weighted by atomic mass is 32.1. The third kappa shape index (κ3) is 2.82. The predicted octanol–water partition coefficient (Wildman–Crippen LogP) is 3.76. The van der Waals surface area contributed by atoms with Crippen LogP contribution in [-0.4, -0.2) is 14.8 Å². The van der Waals surface area contributed by atoms with Gasteiger partial charge in [0.1, 0.15) is 12.2 Å².